The maximum absolute atomic E-state index is 12.3. The van der Waals surface area contributed by atoms with Gasteiger partial charge < -0.3 is 10.1 Å². The summed E-state index contributed by atoms with van der Waals surface area (Å²) in [5.41, 5.74) is 1.16. The maximum Gasteiger partial charge on any atom is 0.271 e. The smallest absolute Gasteiger partial charge is 0.271 e. The molecule has 0 aliphatic carbocycles. The second kappa shape index (κ2) is 8.74. The molecule has 0 saturated carbocycles. The lowest BCUT2D eigenvalue weighted by Gasteiger charge is -2.06. The van der Waals surface area contributed by atoms with Crippen molar-refractivity contribution < 1.29 is 9.53 Å². The number of pyridine rings is 1. The Labute approximate surface area is 172 Å². The van der Waals surface area contributed by atoms with Crippen LogP contribution in [0.25, 0.3) is 5.65 Å². The first-order chi connectivity index (χ1) is 14.2. The van der Waals surface area contributed by atoms with Crippen LogP contribution in [-0.2, 0) is 13.2 Å². The van der Waals surface area contributed by atoms with Crippen LogP contribution in [0.3, 0.4) is 0 Å². The second-order valence-corrected chi connectivity index (χ2v) is 6.81. The van der Waals surface area contributed by atoms with E-state index < -0.39 is 0 Å². The predicted octanol–water partition coefficient (Wildman–Crippen LogP) is 2.98. The van der Waals surface area contributed by atoms with E-state index in [9.17, 15) is 4.79 Å². The monoisotopic (exact) mass is 410 g/mol. The van der Waals surface area contributed by atoms with Crippen molar-refractivity contribution in [3.63, 3.8) is 0 Å². The lowest BCUT2D eigenvalue weighted by Crippen LogP contribution is -2.25. The molecule has 1 amide bonds. The summed E-state index contributed by atoms with van der Waals surface area (Å²) in [5.74, 6) is 1.29. The summed E-state index contributed by atoms with van der Waals surface area (Å²) >= 11 is 5.93. The van der Waals surface area contributed by atoms with Gasteiger partial charge in [-0.1, -0.05) is 23.7 Å². The van der Waals surface area contributed by atoms with Gasteiger partial charge in [0, 0.05) is 30.4 Å². The number of ether oxygens (including phenoxy) is 1. The molecule has 29 heavy (non-hydrogen) atoms. The Morgan fingerprint density at radius 3 is 2.93 bits per heavy atom. The molecular weight excluding hydrogens is 392 g/mol. The molecule has 8 nitrogen and oxygen atoms in total. The number of hydrogen-bond acceptors (Lipinski definition) is 5. The van der Waals surface area contributed by atoms with Crippen LogP contribution < -0.4 is 10.1 Å². The molecule has 4 rings (SSSR count). The normalized spacial score (nSPS) is 10.9. The quantitative estimate of drug-likeness (QED) is 0.451. The molecule has 3 heterocycles. The van der Waals surface area contributed by atoms with Crippen LogP contribution >= 0.6 is 11.6 Å². The van der Waals surface area contributed by atoms with Gasteiger partial charge in [-0.3, -0.25) is 9.20 Å². The van der Waals surface area contributed by atoms with Crippen LogP contribution in [0.15, 0.2) is 60.9 Å². The Kier molecular flexibility index (Phi) is 5.71. The van der Waals surface area contributed by atoms with Crippen molar-refractivity contribution in [2.75, 3.05) is 6.54 Å². The van der Waals surface area contributed by atoms with Gasteiger partial charge >= 0.3 is 0 Å². The van der Waals surface area contributed by atoms with E-state index >= 15 is 0 Å². The minimum atomic E-state index is -0.224. The Bertz CT molecular complexity index is 1120. The van der Waals surface area contributed by atoms with E-state index in [-0.39, 0.29) is 12.6 Å². The Morgan fingerprint density at radius 2 is 2.03 bits per heavy atom. The molecule has 148 valence electrons. The van der Waals surface area contributed by atoms with Crippen molar-refractivity contribution in [1.29, 1.82) is 0 Å². The lowest BCUT2D eigenvalue weighted by molar-refractivity contribution is 0.0946. The van der Waals surface area contributed by atoms with E-state index in [0.717, 1.165) is 17.9 Å². The summed E-state index contributed by atoms with van der Waals surface area (Å²) in [6.45, 7) is 0.708. The molecule has 1 aromatic carbocycles. The summed E-state index contributed by atoms with van der Waals surface area (Å²) in [4.78, 5) is 12.3. The molecule has 0 fully saturated rings. The number of rotatable bonds is 8. The third-order valence-electron chi connectivity index (χ3n) is 4.28. The van der Waals surface area contributed by atoms with Crippen LogP contribution in [-0.4, -0.2) is 36.8 Å². The molecule has 9 heteroatoms. The van der Waals surface area contributed by atoms with Gasteiger partial charge in [0.25, 0.3) is 5.91 Å². The first-order valence-electron chi connectivity index (χ1n) is 9.18. The molecule has 0 bridgehead atoms. The van der Waals surface area contributed by atoms with Gasteiger partial charge in [-0.25, -0.2) is 4.68 Å². The summed E-state index contributed by atoms with van der Waals surface area (Å²) in [7, 11) is 0. The number of fused-ring (bicyclic) bond motifs is 1. The minimum absolute atomic E-state index is 0.188. The average molecular weight is 411 g/mol. The van der Waals surface area contributed by atoms with Gasteiger partial charge in [0.2, 0.25) is 0 Å². The summed E-state index contributed by atoms with van der Waals surface area (Å²) in [6, 6.07) is 14.5. The first-order valence-corrected chi connectivity index (χ1v) is 9.55. The highest BCUT2D eigenvalue weighted by Crippen LogP contribution is 2.17. The van der Waals surface area contributed by atoms with Gasteiger partial charge in [-0.2, -0.15) is 5.10 Å². The number of hydrogen-bond donors (Lipinski definition) is 1. The van der Waals surface area contributed by atoms with Crippen molar-refractivity contribution in [2.45, 2.75) is 19.6 Å². The van der Waals surface area contributed by atoms with E-state index in [4.69, 9.17) is 16.3 Å². The molecule has 4 aromatic rings. The molecule has 0 saturated heterocycles. The number of nitrogens with one attached hydrogen (secondary N) is 1. The first kappa shape index (κ1) is 18.9. The van der Waals surface area contributed by atoms with Gasteiger partial charge in [0.1, 0.15) is 17.3 Å². The Hall–Kier alpha value is -3.39. The minimum Gasteiger partial charge on any atom is -0.471 e. The standard InChI is InChI=1S/C20H19ClN6O2/c21-15-5-3-6-16(13-15)29-14-26-12-9-17(25-26)20(28)22-10-4-8-19-24-23-18-7-1-2-11-27(18)19/h1-3,5-7,9,11-13H,4,8,10,14H2,(H,22,28). The SMILES string of the molecule is O=C(NCCCc1nnc2ccccn12)c1ccn(COc2cccc(Cl)c2)n1. The summed E-state index contributed by atoms with van der Waals surface area (Å²) < 4.78 is 9.11. The zero-order chi connectivity index (χ0) is 20.1. The molecule has 0 spiro atoms. The summed E-state index contributed by atoms with van der Waals surface area (Å²) in [5, 5.41) is 16.0. The molecule has 0 atom stereocenters. The molecule has 3 aromatic heterocycles. The maximum atomic E-state index is 12.3. The highest BCUT2D eigenvalue weighted by Gasteiger charge is 2.10. The van der Waals surface area contributed by atoms with Crippen LogP contribution in [0.1, 0.15) is 22.7 Å². The van der Waals surface area contributed by atoms with E-state index in [0.29, 0.717) is 29.4 Å². The van der Waals surface area contributed by atoms with E-state index in [1.165, 1.54) is 0 Å². The van der Waals surface area contributed by atoms with E-state index in [1.807, 2.05) is 40.9 Å². The van der Waals surface area contributed by atoms with Crippen LogP contribution in [0.4, 0.5) is 0 Å². The molecule has 0 unspecified atom stereocenters. The van der Waals surface area contributed by atoms with E-state index in [1.54, 1.807) is 29.1 Å². The second-order valence-electron chi connectivity index (χ2n) is 6.38. The number of halogens is 1. The number of carbonyl (C=O) groups excluding carboxylic acids is 1. The number of benzene rings is 1. The molecule has 0 radical (unpaired) electrons. The number of nitrogens with zero attached hydrogens (tertiary/aromatic N) is 5. The highest BCUT2D eigenvalue weighted by atomic mass is 35.5. The lowest BCUT2D eigenvalue weighted by atomic mass is 10.3. The van der Waals surface area contributed by atoms with E-state index in [2.05, 4.69) is 20.6 Å². The topological polar surface area (TPSA) is 86.3 Å². The van der Waals surface area contributed by atoms with Crippen molar-refractivity contribution in [3.8, 4) is 5.75 Å². The zero-order valence-electron chi connectivity index (χ0n) is 15.5. The molecule has 1 N–H and O–H groups in total. The largest absolute Gasteiger partial charge is 0.471 e. The number of aryl methyl sites for hydroxylation is 1. The molecular formula is C20H19ClN6O2. The fourth-order valence-electron chi connectivity index (χ4n) is 2.85. The summed E-state index contributed by atoms with van der Waals surface area (Å²) in [6.07, 6.45) is 5.09. The Balaban J connectivity index is 1.24. The zero-order valence-corrected chi connectivity index (χ0v) is 16.3. The number of amides is 1. The average Bonchev–Trinajstić information content (AvgIpc) is 3.37. The highest BCUT2D eigenvalue weighted by molar-refractivity contribution is 6.30. The fraction of sp³-hybridized carbons (Fsp3) is 0.200. The third-order valence-corrected chi connectivity index (χ3v) is 4.52. The van der Waals surface area contributed by atoms with Crippen molar-refractivity contribution in [2.24, 2.45) is 0 Å². The van der Waals surface area contributed by atoms with Crippen molar-refractivity contribution >= 4 is 23.2 Å². The van der Waals surface area contributed by atoms with Crippen LogP contribution in [0, 0.1) is 0 Å². The van der Waals surface area contributed by atoms with Gasteiger partial charge in [-0.15, -0.1) is 10.2 Å². The van der Waals surface area contributed by atoms with Crippen molar-refractivity contribution in [1.82, 2.24) is 29.7 Å². The molecule has 0 aliphatic rings. The van der Waals surface area contributed by atoms with Gasteiger partial charge in [0.15, 0.2) is 12.4 Å². The third kappa shape index (κ3) is 4.72. The predicted molar refractivity (Wildman–Crippen MR) is 108 cm³/mol. The van der Waals surface area contributed by atoms with Crippen molar-refractivity contribution in [3.05, 3.63) is 77.5 Å². The van der Waals surface area contributed by atoms with Crippen LogP contribution in [0.2, 0.25) is 5.02 Å². The van der Waals surface area contributed by atoms with Gasteiger partial charge in [0.05, 0.1) is 0 Å². The van der Waals surface area contributed by atoms with Crippen LogP contribution in [0.5, 0.6) is 5.75 Å². The van der Waals surface area contributed by atoms with Gasteiger partial charge in [-0.05, 0) is 42.8 Å². The fourth-order valence-corrected chi connectivity index (χ4v) is 3.03. The Morgan fingerprint density at radius 1 is 1.10 bits per heavy atom. The number of carbonyl (C=O) groups is 1. The molecule has 0 aliphatic heterocycles. The number of aromatic nitrogens is 5.